The topological polar surface area (TPSA) is 3.24 Å². The largest absolute Gasteiger partial charge is 0.301 e. The van der Waals surface area contributed by atoms with Gasteiger partial charge in [0, 0.05) is 6.04 Å². The maximum atomic E-state index is 2.58. The standard InChI is InChI=1S/C8H17N.C3H8.C2H6/c1-3-8-6-5-7-9(8)4-2;1-3-2;1-2/h8H,3-7H2,1-2H3;3H2,1-2H3;1-2H3. The highest BCUT2D eigenvalue weighted by Gasteiger charge is 2.20. The van der Waals surface area contributed by atoms with Crippen molar-refractivity contribution in [1.82, 2.24) is 4.90 Å². The second-order valence-corrected chi connectivity index (χ2v) is 3.54. The Hall–Kier alpha value is -0.0400. The van der Waals surface area contributed by atoms with E-state index in [0.29, 0.717) is 0 Å². The molecule has 0 aromatic rings. The van der Waals surface area contributed by atoms with Crippen LogP contribution >= 0.6 is 0 Å². The molecule has 0 amide bonds. The molecule has 1 aliphatic heterocycles. The van der Waals surface area contributed by atoms with Crippen molar-refractivity contribution >= 4 is 0 Å². The predicted octanol–water partition coefficient (Wildman–Crippen LogP) is 4.32. The van der Waals surface area contributed by atoms with Gasteiger partial charge in [-0.05, 0) is 32.4 Å². The average Bonchev–Trinajstić information content (AvgIpc) is 2.69. The Bertz CT molecular complexity index is 81.2. The predicted molar refractivity (Wildman–Crippen MR) is 67.9 cm³/mol. The molecule has 0 N–H and O–H groups in total. The van der Waals surface area contributed by atoms with E-state index >= 15 is 0 Å². The average molecular weight is 201 g/mol. The minimum atomic E-state index is 0.912. The van der Waals surface area contributed by atoms with Gasteiger partial charge in [-0.25, -0.2) is 0 Å². The van der Waals surface area contributed by atoms with E-state index in [-0.39, 0.29) is 0 Å². The molecule has 0 aliphatic carbocycles. The lowest BCUT2D eigenvalue weighted by Gasteiger charge is -2.20. The molecular weight excluding hydrogens is 170 g/mol. The zero-order chi connectivity index (χ0) is 11.4. The Morgan fingerprint density at radius 1 is 1.07 bits per heavy atom. The quantitative estimate of drug-likeness (QED) is 0.643. The van der Waals surface area contributed by atoms with Gasteiger partial charge >= 0.3 is 0 Å². The second kappa shape index (κ2) is 13.0. The molecule has 1 heterocycles. The number of rotatable bonds is 2. The molecule has 0 bridgehead atoms. The van der Waals surface area contributed by atoms with Gasteiger partial charge in [0.05, 0.1) is 0 Å². The van der Waals surface area contributed by atoms with Crippen molar-refractivity contribution < 1.29 is 0 Å². The fraction of sp³-hybridized carbons (Fsp3) is 1.00. The zero-order valence-corrected chi connectivity index (χ0v) is 11.3. The molecule has 0 saturated carbocycles. The summed E-state index contributed by atoms with van der Waals surface area (Å²) in [4.78, 5) is 2.58. The van der Waals surface area contributed by atoms with Gasteiger partial charge in [-0.15, -0.1) is 0 Å². The first kappa shape index (κ1) is 16.4. The van der Waals surface area contributed by atoms with Crippen LogP contribution in [0.2, 0.25) is 0 Å². The first-order valence-electron chi connectivity index (χ1n) is 6.54. The van der Waals surface area contributed by atoms with Gasteiger partial charge in [0.15, 0.2) is 0 Å². The highest BCUT2D eigenvalue weighted by atomic mass is 15.2. The number of likely N-dealkylation sites (tertiary alicyclic amines) is 1. The molecule has 1 atom stereocenters. The molecule has 1 rings (SSSR count). The minimum Gasteiger partial charge on any atom is -0.301 e. The third kappa shape index (κ3) is 7.37. The molecule has 0 spiro atoms. The SMILES string of the molecule is CC.CCC.CCC1CCCN1CC. The molecule has 0 radical (unpaired) electrons. The lowest BCUT2D eigenvalue weighted by Crippen LogP contribution is -2.28. The van der Waals surface area contributed by atoms with Crippen LogP contribution in [-0.2, 0) is 0 Å². The van der Waals surface area contributed by atoms with Crippen LogP contribution in [0.25, 0.3) is 0 Å². The Morgan fingerprint density at radius 3 is 1.86 bits per heavy atom. The van der Waals surface area contributed by atoms with Crippen LogP contribution in [0.3, 0.4) is 0 Å². The van der Waals surface area contributed by atoms with Crippen molar-refractivity contribution in [2.75, 3.05) is 13.1 Å². The summed E-state index contributed by atoms with van der Waals surface area (Å²) in [6.45, 7) is 15.4. The molecule has 88 valence electrons. The Labute approximate surface area is 91.9 Å². The normalized spacial score (nSPS) is 20.6. The Kier molecular flexibility index (Phi) is 15.2. The maximum absolute atomic E-state index is 2.58. The maximum Gasteiger partial charge on any atom is 0.00929 e. The van der Waals surface area contributed by atoms with Crippen molar-refractivity contribution in [3.63, 3.8) is 0 Å². The fourth-order valence-corrected chi connectivity index (χ4v) is 1.77. The summed E-state index contributed by atoms with van der Waals surface area (Å²) in [5.41, 5.74) is 0. The lowest BCUT2D eigenvalue weighted by molar-refractivity contribution is 0.262. The van der Waals surface area contributed by atoms with Gasteiger partial charge < -0.3 is 4.90 Å². The lowest BCUT2D eigenvalue weighted by atomic mass is 10.2. The molecular formula is C13H31N. The van der Waals surface area contributed by atoms with E-state index in [0.717, 1.165) is 6.04 Å². The van der Waals surface area contributed by atoms with Crippen molar-refractivity contribution in [1.29, 1.82) is 0 Å². The summed E-state index contributed by atoms with van der Waals surface area (Å²) in [6, 6.07) is 0.912. The molecule has 0 aromatic heterocycles. The van der Waals surface area contributed by atoms with Gasteiger partial charge in [-0.2, -0.15) is 0 Å². The van der Waals surface area contributed by atoms with E-state index in [1.54, 1.807) is 0 Å². The van der Waals surface area contributed by atoms with E-state index in [1.165, 1.54) is 38.8 Å². The van der Waals surface area contributed by atoms with Crippen molar-refractivity contribution in [3.8, 4) is 0 Å². The summed E-state index contributed by atoms with van der Waals surface area (Å²) in [7, 11) is 0. The number of nitrogens with zero attached hydrogens (tertiary/aromatic N) is 1. The van der Waals surface area contributed by atoms with Crippen molar-refractivity contribution in [3.05, 3.63) is 0 Å². The van der Waals surface area contributed by atoms with Crippen LogP contribution < -0.4 is 0 Å². The van der Waals surface area contributed by atoms with Crippen LogP contribution in [0.5, 0.6) is 0 Å². The first-order chi connectivity index (χ1) is 6.79. The summed E-state index contributed by atoms with van der Waals surface area (Å²) >= 11 is 0. The minimum absolute atomic E-state index is 0.912. The number of hydrogen-bond donors (Lipinski definition) is 0. The van der Waals surface area contributed by atoms with E-state index in [1.807, 2.05) is 13.8 Å². The zero-order valence-electron chi connectivity index (χ0n) is 11.3. The summed E-state index contributed by atoms with van der Waals surface area (Å²) in [5, 5.41) is 0. The third-order valence-corrected chi connectivity index (χ3v) is 2.38. The summed E-state index contributed by atoms with van der Waals surface area (Å²) < 4.78 is 0. The molecule has 1 fully saturated rings. The second-order valence-electron chi connectivity index (χ2n) is 3.54. The molecule has 1 saturated heterocycles. The molecule has 1 aliphatic rings. The Balaban J connectivity index is 0. The van der Waals surface area contributed by atoms with E-state index in [9.17, 15) is 0 Å². The van der Waals surface area contributed by atoms with Crippen molar-refractivity contribution in [2.24, 2.45) is 0 Å². The molecule has 1 heteroatoms. The fourth-order valence-electron chi connectivity index (χ4n) is 1.77. The van der Waals surface area contributed by atoms with Gasteiger partial charge in [0.25, 0.3) is 0 Å². The van der Waals surface area contributed by atoms with Gasteiger partial charge in [0.1, 0.15) is 0 Å². The van der Waals surface area contributed by atoms with E-state index < -0.39 is 0 Å². The van der Waals surface area contributed by atoms with Crippen LogP contribution in [0.4, 0.5) is 0 Å². The number of hydrogen-bond acceptors (Lipinski definition) is 1. The van der Waals surface area contributed by atoms with Gasteiger partial charge in [-0.1, -0.05) is 48.0 Å². The molecule has 1 nitrogen and oxygen atoms in total. The van der Waals surface area contributed by atoms with E-state index in [4.69, 9.17) is 0 Å². The van der Waals surface area contributed by atoms with Crippen LogP contribution in [0, 0.1) is 0 Å². The van der Waals surface area contributed by atoms with Crippen LogP contribution in [0.1, 0.15) is 67.2 Å². The monoisotopic (exact) mass is 201 g/mol. The van der Waals surface area contributed by atoms with Crippen LogP contribution in [0.15, 0.2) is 0 Å². The third-order valence-electron chi connectivity index (χ3n) is 2.38. The highest BCUT2D eigenvalue weighted by Crippen LogP contribution is 2.18. The summed E-state index contributed by atoms with van der Waals surface area (Å²) in [6.07, 6.45) is 5.45. The van der Waals surface area contributed by atoms with Gasteiger partial charge in [0.2, 0.25) is 0 Å². The van der Waals surface area contributed by atoms with Crippen molar-refractivity contribution in [2.45, 2.75) is 73.3 Å². The first-order valence-corrected chi connectivity index (χ1v) is 6.54. The molecule has 0 aromatic carbocycles. The molecule has 1 unspecified atom stereocenters. The summed E-state index contributed by atoms with van der Waals surface area (Å²) in [5.74, 6) is 0. The highest BCUT2D eigenvalue weighted by molar-refractivity contribution is 4.76. The van der Waals surface area contributed by atoms with E-state index in [2.05, 4.69) is 32.6 Å². The molecule has 14 heavy (non-hydrogen) atoms. The Morgan fingerprint density at radius 2 is 1.57 bits per heavy atom. The van der Waals surface area contributed by atoms with Crippen LogP contribution in [-0.4, -0.2) is 24.0 Å². The smallest absolute Gasteiger partial charge is 0.00929 e. The van der Waals surface area contributed by atoms with Gasteiger partial charge in [-0.3, -0.25) is 0 Å².